The number of hydrogen-bond acceptors (Lipinski definition) is 9. The largest absolute Gasteiger partial charge is 0.457 e. The molecule has 0 unspecified atom stereocenters. The molecule has 1 saturated heterocycles. The molecule has 0 aliphatic carbocycles. The Bertz CT molecular complexity index is 818. The van der Waals surface area contributed by atoms with Crippen LogP contribution in [0.3, 0.4) is 0 Å². The molecule has 1 aliphatic heterocycles. The Balaban J connectivity index is 2.12. The molecule has 0 N–H and O–H groups in total. The van der Waals surface area contributed by atoms with E-state index in [1.54, 1.807) is 0 Å². The first-order chi connectivity index (χ1) is 12.0. The number of carbonyl (C=O) groups is 1. The van der Waals surface area contributed by atoms with Crippen molar-refractivity contribution in [2.45, 2.75) is 31.3 Å². The molecule has 9 nitrogen and oxygen atoms in total. The van der Waals surface area contributed by atoms with Gasteiger partial charge in [-0.1, -0.05) is 30.3 Å². The summed E-state index contributed by atoms with van der Waals surface area (Å²) < 4.78 is 65.7. The monoisotopic (exact) mass is 408 g/mol. The predicted molar refractivity (Wildman–Crippen MR) is 90.0 cm³/mol. The lowest BCUT2D eigenvalue weighted by Crippen LogP contribution is -2.42. The number of esters is 1. The van der Waals surface area contributed by atoms with Crippen molar-refractivity contribution in [2.24, 2.45) is 0 Å². The van der Waals surface area contributed by atoms with Gasteiger partial charge in [0.1, 0.15) is 12.2 Å². The molecule has 3 atom stereocenters. The van der Waals surface area contributed by atoms with E-state index in [2.05, 4.69) is 4.18 Å². The van der Waals surface area contributed by atoms with Gasteiger partial charge in [-0.25, -0.2) is 0 Å². The van der Waals surface area contributed by atoms with E-state index in [1.807, 2.05) is 30.3 Å². The molecule has 1 fully saturated rings. The number of benzene rings is 1. The lowest BCUT2D eigenvalue weighted by Gasteiger charge is -2.25. The van der Waals surface area contributed by atoms with Crippen molar-refractivity contribution in [1.82, 2.24) is 0 Å². The van der Waals surface area contributed by atoms with Crippen molar-refractivity contribution < 1.29 is 39.5 Å². The van der Waals surface area contributed by atoms with E-state index in [0.29, 0.717) is 0 Å². The maximum Gasteiger partial charge on any atom is 0.309 e. The lowest BCUT2D eigenvalue weighted by molar-refractivity contribution is -0.147. The van der Waals surface area contributed by atoms with Crippen LogP contribution in [0.5, 0.6) is 0 Å². The molecule has 0 saturated carbocycles. The summed E-state index contributed by atoms with van der Waals surface area (Å²) in [5, 5.41) is 0. The van der Waals surface area contributed by atoms with Crippen molar-refractivity contribution in [2.75, 3.05) is 19.1 Å². The SMILES string of the molecule is CS(=O)(=O)OC[C@@H](OS(C)(=O)=O)[C@H]1OC(=O)C[C@H]1OCc1ccccc1. The van der Waals surface area contributed by atoms with Gasteiger partial charge in [-0.2, -0.15) is 16.8 Å². The first-order valence-corrected chi connectivity index (χ1v) is 11.2. The smallest absolute Gasteiger partial charge is 0.309 e. The van der Waals surface area contributed by atoms with Crippen LogP contribution in [0.2, 0.25) is 0 Å². The Labute approximate surface area is 152 Å². The summed E-state index contributed by atoms with van der Waals surface area (Å²) in [5.74, 6) is -0.602. The Morgan fingerprint density at radius 3 is 2.35 bits per heavy atom. The molecule has 0 amide bonds. The minimum absolute atomic E-state index is 0.111. The van der Waals surface area contributed by atoms with Gasteiger partial charge in [-0.3, -0.25) is 13.2 Å². The number of hydrogen-bond donors (Lipinski definition) is 0. The molecular formula is C15H20O9S2. The Morgan fingerprint density at radius 2 is 1.77 bits per heavy atom. The number of carbonyl (C=O) groups excluding carboxylic acids is 1. The topological polar surface area (TPSA) is 122 Å². The molecule has 11 heteroatoms. The number of cyclic esters (lactones) is 1. The van der Waals surface area contributed by atoms with Crippen LogP contribution >= 0.6 is 0 Å². The first kappa shape index (κ1) is 20.8. The van der Waals surface area contributed by atoms with Crippen molar-refractivity contribution in [1.29, 1.82) is 0 Å². The van der Waals surface area contributed by atoms with E-state index in [-0.39, 0.29) is 13.0 Å². The molecule has 1 aliphatic rings. The Kier molecular flexibility index (Phi) is 6.74. The van der Waals surface area contributed by atoms with Gasteiger partial charge in [0.05, 0.1) is 32.1 Å². The van der Waals surface area contributed by atoms with Crippen LogP contribution in [0.1, 0.15) is 12.0 Å². The zero-order chi connectivity index (χ0) is 19.4. The zero-order valence-corrected chi connectivity index (χ0v) is 15.9. The molecule has 0 aromatic heterocycles. The fourth-order valence-corrected chi connectivity index (χ4v) is 3.39. The highest BCUT2D eigenvalue weighted by Gasteiger charge is 2.43. The highest BCUT2D eigenvalue weighted by Crippen LogP contribution is 2.25. The van der Waals surface area contributed by atoms with Crippen LogP contribution < -0.4 is 0 Å². The molecule has 2 rings (SSSR count). The quantitative estimate of drug-likeness (QED) is 0.417. The lowest BCUT2D eigenvalue weighted by atomic mass is 10.1. The predicted octanol–water partition coefficient (Wildman–Crippen LogP) is 0.208. The molecule has 0 spiro atoms. The minimum Gasteiger partial charge on any atom is -0.457 e. The van der Waals surface area contributed by atoms with Gasteiger partial charge < -0.3 is 9.47 Å². The molecule has 0 bridgehead atoms. The van der Waals surface area contributed by atoms with Crippen LogP contribution in [0, 0.1) is 0 Å². The van der Waals surface area contributed by atoms with E-state index >= 15 is 0 Å². The van der Waals surface area contributed by atoms with Crippen LogP contribution in [0.15, 0.2) is 30.3 Å². The molecular weight excluding hydrogens is 388 g/mol. The molecule has 0 radical (unpaired) electrons. The van der Waals surface area contributed by atoms with Gasteiger partial charge in [-0.05, 0) is 5.56 Å². The van der Waals surface area contributed by atoms with E-state index in [1.165, 1.54) is 0 Å². The number of rotatable bonds is 9. The van der Waals surface area contributed by atoms with Crippen LogP contribution in [-0.4, -0.2) is 60.2 Å². The minimum atomic E-state index is -3.96. The van der Waals surface area contributed by atoms with E-state index in [4.69, 9.17) is 13.7 Å². The standard InChI is InChI=1S/C15H20O9S2/c1-25(17,18)22-10-13(24-26(2,19)20)15-12(8-14(16)23-15)21-9-11-6-4-3-5-7-11/h3-7,12-13,15H,8-10H2,1-2H3/t12-,13-,15+/m1/s1. The summed E-state index contributed by atoms with van der Waals surface area (Å²) in [6.07, 6.45) is -1.78. The third kappa shape index (κ3) is 7.00. The zero-order valence-electron chi connectivity index (χ0n) is 14.2. The van der Waals surface area contributed by atoms with E-state index in [9.17, 15) is 21.6 Å². The van der Waals surface area contributed by atoms with Gasteiger partial charge in [0, 0.05) is 0 Å². The summed E-state index contributed by atoms with van der Waals surface area (Å²) >= 11 is 0. The second kappa shape index (κ2) is 8.44. The summed E-state index contributed by atoms with van der Waals surface area (Å²) in [6, 6.07) is 9.13. The maximum atomic E-state index is 11.7. The Morgan fingerprint density at radius 1 is 1.12 bits per heavy atom. The number of ether oxygens (including phenoxy) is 2. The van der Waals surface area contributed by atoms with Gasteiger partial charge in [0.25, 0.3) is 20.2 Å². The highest BCUT2D eigenvalue weighted by molar-refractivity contribution is 7.86. The van der Waals surface area contributed by atoms with Crippen LogP contribution in [0.4, 0.5) is 0 Å². The van der Waals surface area contributed by atoms with E-state index < -0.39 is 51.1 Å². The molecule has 1 aromatic rings. The second-order valence-electron chi connectivity index (χ2n) is 5.82. The average molecular weight is 408 g/mol. The van der Waals surface area contributed by atoms with Crippen molar-refractivity contribution in [3.05, 3.63) is 35.9 Å². The molecule has 146 valence electrons. The molecule has 1 aromatic carbocycles. The van der Waals surface area contributed by atoms with Crippen molar-refractivity contribution in [3.8, 4) is 0 Å². The Hall–Kier alpha value is -1.53. The summed E-state index contributed by atoms with van der Waals surface area (Å²) in [4.78, 5) is 11.7. The van der Waals surface area contributed by atoms with Crippen molar-refractivity contribution in [3.63, 3.8) is 0 Å². The normalized spacial score (nSPS) is 22.2. The average Bonchev–Trinajstić information content (AvgIpc) is 2.89. The summed E-state index contributed by atoms with van der Waals surface area (Å²) in [6.45, 7) is -0.466. The van der Waals surface area contributed by atoms with E-state index in [0.717, 1.165) is 18.1 Å². The van der Waals surface area contributed by atoms with Gasteiger partial charge in [0.15, 0.2) is 6.10 Å². The molecule has 26 heavy (non-hydrogen) atoms. The van der Waals surface area contributed by atoms with Gasteiger partial charge >= 0.3 is 5.97 Å². The highest BCUT2D eigenvalue weighted by atomic mass is 32.2. The van der Waals surface area contributed by atoms with Gasteiger partial charge in [0.2, 0.25) is 0 Å². The maximum absolute atomic E-state index is 11.7. The van der Waals surface area contributed by atoms with Crippen LogP contribution in [-0.2, 0) is 49.5 Å². The second-order valence-corrected chi connectivity index (χ2v) is 9.07. The fraction of sp³-hybridized carbons (Fsp3) is 0.533. The fourth-order valence-electron chi connectivity index (χ4n) is 2.40. The third-order valence-corrected chi connectivity index (χ3v) is 4.58. The first-order valence-electron chi connectivity index (χ1n) is 7.61. The van der Waals surface area contributed by atoms with Gasteiger partial charge in [-0.15, -0.1) is 0 Å². The summed E-state index contributed by atoms with van der Waals surface area (Å²) in [7, 11) is -7.80. The third-order valence-electron chi connectivity index (χ3n) is 3.42. The van der Waals surface area contributed by atoms with Crippen LogP contribution in [0.25, 0.3) is 0 Å². The summed E-state index contributed by atoms with van der Waals surface area (Å²) in [5.41, 5.74) is 0.846. The molecule has 1 heterocycles. The van der Waals surface area contributed by atoms with Crippen molar-refractivity contribution >= 4 is 26.2 Å².